The maximum absolute atomic E-state index is 13.4. The number of carboxylic acid groups (broad SMARTS) is 1. The molecule has 0 aliphatic rings. The second-order valence-corrected chi connectivity index (χ2v) is 5.76. The molecule has 1 unspecified atom stereocenters. The Morgan fingerprint density at radius 1 is 1.26 bits per heavy atom. The predicted octanol–water partition coefficient (Wildman–Crippen LogP) is 4.74. The van der Waals surface area contributed by atoms with Crippen molar-refractivity contribution in [3.05, 3.63) is 64.9 Å². The van der Waals surface area contributed by atoms with E-state index < -0.39 is 17.8 Å². The minimum atomic E-state index is -0.900. The highest BCUT2D eigenvalue weighted by atomic mass is 35.5. The van der Waals surface area contributed by atoms with Crippen molar-refractivity contribution in [1.29, 1.82) is 0 Å². The Hall–Kier alpha value is -2.07. The lowest BCUT2D eigenvalue weighted by molar-refractivity contribution is -0.138. The van der Waals surface area contributed by atoms with Gasteiger partial charge >= 0.3 is 5.97 Å². The molecule has 23 heavy (non-hydrogen) atoms. The van der Waals surface area contributed by atoms with Crippen molar-refractivity contribution in [2.24, 2.45) is 0 Å². The van der Waals surface area contributed by atoms with Crippen molar-refractivity contribution in [3.8, 4) is 0 Å². The van der Waals surface area contributed by atoms with Gasteiger partial charge in [-0.1, -0.05) is 55.3 Å². The molecule has 122 valence electrons. The maximum Gasteiger partial charge on any atom is 0.326 e. The third-order valence-electron chi connectivity index (χ3n) is 3.65. The standard InChI is InChI=1S/C18H19ClFNO2/c1-2-6-17(18(22)23)21(12-13-7-4-3-5-8-13)14-9-10-16(20)15(19)11-14/h3-5,7-11,17H,2,6,12H2,1H3,(H,22,23). The first-order valence-corrected chi connectivity index (χ1v) is 7.89. The summed E-state index contributed by atoms with van der Waals surface area (Å²) in [6.07, 6.45) is 1.23. The molecule has 1 atom stereocenters. The zero-order valence-electron chi connectivity index (χ0n) is 12.9. The molecule has 0 saturated carbocycles. The van der Waals surface area contributed by atoms with Crippen LogP contribution in [0.1, 0.15) is 25.3 Å². The summed E-state index contributed by atoms with van der Waals surface area (Å²) in [5.74, 6) is -1.42. The van der Waals surface area contributed by atoms with Crippen LogP contribution in [0.5, 0.6) is 0 Å². The molecule has 2 rings (SSSR count). The number of hydrogen-bond acceptors (Lipinski definition) is 2. The van der Waals surface area contributed by atoms with E-state index in [2.05, 4.69) is 0 Å². The number of benzene rings is 2. The minimum absolute atomic E-state index is 0.0128. The number of anilines is 1. The molecule has 0 amide bonds. The second kappa shape index (κ2) is 7.97. The van der Waals surface area contributed by atoms with Crippen molar-refractivity contribution in [3.63, 3.8) is 0 Å². The molecule has 0 radical (unpaired) electrons. The highest BCUT2D eigenvalue weighted by Crippen LogP contribution is 2.27. The molecule has 1 N–H and O–H groups in total. The van der Waals surface area contributed by atoms with Gasteiger partial charge in [0.15, 0.2) is 0 Å². The zero-order chi connectivity index (χ0) is 16.8. The molecule has 0 aliphatic heterocycles. The molecular formula is C18H19ClFNO2. The molecule has 0 aliphatic carbocycles. The highest BCUT2D eigenvalue weighted by molar-refractivity contribution is 6.31. The normalized spacial score (nSPS) is 12.0. The largest absolute Gasteiger partial charge is 0.480 e. The first-order chi connectivity index (χ1) is 11.0. The summed E-state index contributed by atoms with van der Waals surface area (Å²) in [6.45, 7) is 2.36. The summed E-state index contributed by atoms with van der Waals surface area (Å²) in [6, 6.07) is 13.2. The summed E-state index contributed by atoms with van der Waals surface area (Å²) in [7, 11) is 0. The minimum Gasteiger partial charge on any atom is -0.480 e. The van der Waals surface area contributed by atoms with Crippen LogP contribution < -0.4 is 4.90 Å². The number of carbonyl (C=O) groups is 1. The van der Waals surface area contributed by atoms with Crippen LogP contribution in [-0.2, 0) is 11.3 Å². The summed E-state index contributed by atoms with van der Waals surface area (Å²) in [5, 5.41) is 9.58. The van der Waals surface area contributed by atoms with Crippen LogP contribution in [0.2, 0.25) is 5.02 Å². The Kier molecular flexibility index (Phi) is 5.99. The molecular weight excluding hydrogens is 317 g/mol. The Balaban J connectivity index is 2.40. The molecule has 3 nitrogen and oxygen atoms in total. The van der Waals surface area contributed by atoms with Crippen molar-refractivity contribution in [2.45, 2.75) is 32.4 Å². The number of carboxylic acids is 1. The average molecular weight is 336 g/mol. The first-order valence-electron chi connectivity index (χ1n) is 7.51. The van der Waals surface area contributed by atoms with E-state index in [0.717, 1.165) is 12.0 Å². The van der Waals surface area contributed by atoms with E-state index in [1.165, 1.54) is 12.1 Å². The molecule has 2 aromatic carbocycles. The Morgan fingerprint density at radius 3 is 2.52 bits per heavy atom. The monoisotopic (exact) mass is 335 g/mol. The van der Waals surface area contributed by atoms with Gasteiger partial charge in [0.05, 0.1) is 5.02 Å². The number of halogens is 2. The Morgan fingerprint density at radius 2 is 1.96 bits per heavy atom. The first kappa shape index (κ1) is 17.3. The fraction of sp³-hybridized carbons (Fsp3) is 0.278. The van der Waals surface area contributed by atoms with Gasteiger partial charge in [0.2, 0.25) is 0 Å². The molecule has 0 spiro atoms. The lowest BCUT2D eigenvalue weighted by Gasteiger charge is -2.31. The lowest BCUT2D eigenvalue weighted by Crippen LogP contribution is -2.41. The predicted molar refractivity (Wildman–Crippen MR) is 90.4 cm³/mol. The molecule has 0 heterocycles. The van der Waals surface area contributed by atoms with Gasteiger partial charge in [0.1, 0.15) is 11.9 Å². The van der Waals surface area contributed by atoms with Gasteiger partial charge in [-0.05, 0) is 30.2 Å². The molecule has 0 aromatic heterocycles. The number of rotatable bonds is 7. The van der Waals surface area contributed by atoms with Crippen LogP contribution in [0.25, 0.3) is 0 Å². The third-order valence-corrected chi connectivity index (χ3v) is 3.94. The van der Waals surface area contributed by atoms with Crippen molar-refractivity contribution >= 4 is 23.3 Å². The van der Waals surface area contributed by atoms with Crippen molar-refractivity contribution in [2.75, 3.05) is 4.90 Å². The average Bonchev–Trinajstić information content (AvgIpc) is 2.54. The summed E-state index contributed by atoms with van der Waals surface area (Å²) in [4.78, 5) is 13.5. The van der Waals surface area contributed by atoms with Crippen LogP contribution >= 0.6 is 11.6 Å². The van der Waals surface area contributed by atoms with Crippen LogP contribution in [0.15, 0.2) is 48.5 Å². The lowest BCUT2D eigenvalue weighted by atomic mass is 10.1. The SMILES string of the molecule is CCCC(C(=O)O)N(Cc1ccccc1)c1ccc(F)c(Cl)c1. The van der Waals surface area contributed by atoms with Gasteiger partial charge in [-0.25, -0.2) is 9.18 Å². The Labute approximate surface area is 140 Å². The van der Waals surface area contributed by atoms with E-state index in [9.17, 15) is 14.3 Å². The van der Waals surface area contributed by atoms with Crippen LogP contribution in [0, 0.1) is 5.82 Å². The zero-order valence-corrected chi connectivity index (χ0v) is 13.6. The van der Waals surface area contributed by atoms with E-state index in [0.29, 0.717) is 18.7 Å². The van der Waals surface area contributed by atoms with Gasteiger partial charge < -0.3 is 10.0 Å². The number of nitrogens with zero attached hydrogens (tertiary/aromatic N) is 1. The van der Waals surface area contributed by atoms with Gasteiger partial charge in [-0.3, -0.25) is 0 Å². The number of aliphatic carboxylic acids is 1. The van der Waals surface area contributed by atoms with E-state index in [1.807, 2.05) is 37.3 Å². The fourth-order valence-electron chi connectivity index (χ4n) is 2.51. The second-order valence-electron chi connectivity index (χ2n) is 5.35. The highest BCUT2D eigenvalue weighted by Gasteiger charge is 2.25. The molecule has 2 aromatic rings. The molecule has 0 saturated heterocycles. The smallest absolute Gasteiger partial charge is 0.326 e. The van der Waals surface area contributed by atoms with E-state index >= 15 is 0 Å². The van der Waals surface area contributed by atoms with Crippen LogP contribution in [0.3, 0.4) is 0 Å². The van der Waals surface area contributed by atoms with Crippen molar-refractivity contribution < 1.29 is 14.3 Å². The molecule has 0 fully saturated rings. The van der Waals surface area contributed by atoms with E-state index in [4.69, 9.17) is 11.6 Å². The van der Waals surface area contributed by atoms with Crippen LogP contribution in [0.4, 0.5) is 10.1 Å². The Bertz CT molecular complexity index is 663. The maximum atomic E-state index is 13.4. The van der Waals surface area contributed by atoms with Gasteiger partial charge in [-0.2, -0.15) is 0 Å². The third kappa shape index (κ3) is 4.45. The molecule has 0 bridgehead atoms. The van der Waals surface area contributed by atoms with Crippen molar-refractivity contribution in [1.82, 2.24) is 0 Å². The molecule has 5 heteroatoms. The van der Waals surface area contributed by atoms with E-state index in [-0.39, 0.29) is 5.02 Å². The summed E-state index contributed by atoms with van der Waals surface area (Å²) >= 11 is 5.87. The van der Waals surface area contributed by atoms with Gasteiger partial charge in [0, 0.05) is 12.2 Å². The summed E-state index contributed by atoms with van der Waals surface area (Å²) < 4.78 is 13.4. The van der Waals surface area contributed by atoms with Gasteiger partial charge in [-0.15, -0.1) is 0 Å². The van der Waals surface area contributed by atoms with Gasteiger partial charge in [0.25, 0.3) is 0 Å². The van der Waals surface area contributed by atoms with Crippen LogP contribution in [-0.4, -0.2) is 17.1 Å². The topological polar surface area (TPSA) is 40.5 Å². The number of hydrogen-bond donors (Lipinski definition) is 1. The quantitative estimate of drug-likeness (QED) is 0.794. The fourth-order valence-corrected chi connectivity index (χ4v) is 2.69. The summed E-state index contributed by atoms with van der Waals surface area (Å²) in [5.41, 5.74) is 1.58. The van der Waals surface area contributed by atoms with E-state index in [1.54, 1.807) is 11.0 Å².